The maximum Gasteiger partial charge on any atom is 0.252 e. The summed E-state index contributed by atoms with van der Waals surface area (Å²) in [6, 6.07) is 20.0. The summed E-state index contributed by atoms with van der Waals surface area (Å²) in [7, 11) is 0. The Labute approximate surface area is 201 Å². The van der Waals surface area contributed by atoms with Crippen molar-refractivity contribution in [2.45, 2.75) is 45.6 Å². The molecule has 4 rings (SSSR count). The summed E-state index contributed by atoms with van der Waals surface area (Å²) in [4.78, 5) is 21.1. The molecule has 0 spiro atoms. The molecule has 0 unspecified atom stereocenters. The van der Waals surface area contributed by atoms with Crippen LogP contribution in [-0.2, 0) is 18.4 Å². The fraction of sp³-hybridized carbons (Fsp3) is 0.321. The molecule has 6 heteroatoms. The highest BCUT2D eigenvalue weighted by molar-refractivity contribution is 5.93. The lowest BCUT2D eigenvalue weighted by atomic mass is 9.87. The standard InChI is InChI=1S/C28H32N4O2/c1-28(2,3)22-11-13-23(14-12-22)34-19-7-18-32-25-10-5-4-9-24(25)31-26(32)15-17-30-27(33)21-8-6-16-29-20-21/h4-6,8-14,16,20H,7,15,17-19H2,1-3H3,(H,30,33). The van der Waals surface area contributed by atoms with E-state index in [4.69, 9.17) is 9.72 Å². The fourth-order valence-electron chi connectivity index (χ4n) is 3.92. The quantitative estimate of drug-likeness (QED) is 0.353. The van der Waals surface area contributed by atoms with Crippen LogP contribution in [0.5, 0.6) is 5.75 Å². The van der Waals surface area contributed by atoms with Crippen LogP contribution in [0, 0.1) is 0 Å². The number of carbonyl (C=O) groups excluding carboxylic acids is 1. The maximum absolute atomic E-state index is 12.3. The van der Waals surface area contributed by atoms with Crippen LogP contribution in [0.2, 0.25) is 0 Å². The molecule has 176 valence electrons. The van der Waals surface area contributed by atoms with Crippen LogP contribution in [0.15, 0.2) is 73.1 Å². The highest BCUT2D eigenvalue weighted by Gasteiger charge is 2.14. The zero-order chi connectivity index (χ0) is 24.0. The third kappa shape index (κ3) is 5.81. The maximum atomic E-state index is 12.3. The van der Waals surface area contributed by atoms with Crippen molar-refractivity contribution >= 4 is 16.9 Å². The van der Waals surface area contributed by atoms with Gasteiger partial charge in [0, 0.05) is 31.9 Å². The van der Waals surface area contributed by atoms with Crippen LogP contribution in [0.25, 0.3) is 11.0 Å². The highest BCUT2D eigenvalue weighted by atomic mass is 16.5. The lowest BCUT2D eigenvalue weighted by Gasteiger charge is -2.19. The normalized spacial score (nSPS) is 11.5. The number of para-hydroxylation sites is 2. The Morgan fingerprint density at radius 2 is 1.82 bits per heavy atom. The predicted molar refractivity (Wildman–Crippen MR) is 135 cm³/mol. The summed E-state index contributed by atoms with van der Waals surface area (Å²) < 4.78 is 8.22. The fourth-order valence-corrected chi connectivity index (χ4v) is 3.92. The predicted octanol–water partition coefficient (Wildman–Crippen LogP) is 5.17. The molecule has 0 aliphatic rings. The van der Waals surface area contributed by atoms with Gasteiger partial charge in [-0.3, -0.25) is 9.78 Å². The minimum atomic E-state index is -0.123. The van der Waals surface area contributed by atoms with E-state index in [9.17, 15) is 4.79 Å². The van der Waals surface area contributed by atoms with Gasteiger partial charge in [-0.05, 0) is 53.8 Å². The number of benzene rings is 2. The average molecular weight is 457 g/mol. The molecule has 0 aliphatic heterocycles. The first kappa shape index (κ1) is 23.5. The second-order valence-corrected chi connectivity index (χ2v) is 9.39. The number of aromatic nitrogens is 3. The summed E-state index contributed by atoms with van der Waals surface area (Å²) in [5.74, 6) is 1.73. The van der Waals surface area contributed by atoms with E-state index in [1.807, 2.05) is 30.3 Å². The summed E-state index contributed by atoms with van der Waals surface area (Å²) in [5.41, 5.74) is 4.06. The van der Waals surface area contributed by atoms with E-state index < -0.39 is 0 Å². The molecule has 0 saturated carbocycles. The van der Waals surface area contributed by atoms with E-state index >= 15 is 0 Å². The largest absolute Gasteiger partial charge is 0.494 e. The number of pyridine rings is 1. The van der Waals surface area contributed by atoms with E-state index in [1.165, 1.54) is 5.56 Å². The van der Waals surface area contributed by atoms with Crippen LogP contribution >= 0.6 is 0 Å². The van der Waals surface area contributed by atoms with Crippen molar-refractivity contribution in [1.82, 2.24) is 19.9 Å². The number of nitrogens with zero attached hydrogens (tertiary/aromatic N) is 3. The molecule has 0 atom stereocenters. The van der Waals surface area contributed by atoms with Crippen LogP contribution in [0.4, 0.5) is 0 Å². The molecule has 0 saturated heterocycles. The number of carbonyl (C=O) groups is 1. The minimum absolute atomic E-state index is 0.123. The minimum Gasteiger partial charge on any atom is -0.494 e. The molecule has 6 nitrogen and oxygen atoms in total. The molecular formula is C28H32N4O2. The second-order valence-electron chi connectivity index (χ2n) is 9.39. The zero-order valence-electron chi connectivity index (χ0n) is 20.1. The van der Waals surface area contributed by atoms with Gasteiger partial charge in [0.05, 0.1) is 23.2 Å². The van der Waals surface area contributed by atoms with Crippen LogP contribution in [0.1, 0.15) is 48.9 Å². The summed E-state index contributed by atoms with van der Waals surface area (Å²) in [6.45, 7) is 8.55. The number of ether oxygens (including phenoxy) is 1. The van der Waals surface area contributed by atoms with Crippen molar-refractivity contribution in [3.63, 3.8) is 0 Å². The van der Waals surface area contributed by atoms with Gasteiger partial charge >= 0.3 is 0 Å². The number of fused-ring (bicyclic) bond motifs is 1. The topological polar surface area (TPSA) is 69.0 Å². The lowest BCUT2D eigenvalue weighted by Crippen LogP contribution is -2.26. The first-order valence-electron chi connectivity index (χ1n) is 11.8. The highest BCUT2D eigenvalue weighted by Crippen LogP contribution is 2.24. The Kier molecular flexibility index (Phi) is 7.26. The summed E-state index contributed by atoms with van der Waals surface area (Å²) in [5, 5.41) is 2.97. The molecule has 0 fully saturated rings. The Morgan fingerprint density at radius 3 is 2.56 bits per heavy atom. The first-order chi connectivity index (χ1) is 16.4. The molecule has 0 aliphatic carbocycles. The third-order valence-corrected chi connectivity index (χ3v) is 5.81. The molecule has 2 heterocycles. The van der Waals surface area contributed by atoms with E-state index in [0.29, 0.717) is 25.1 Å². The lowest BCUT2D eigenvalue weighted by molar-refractivity contribution is 0.0953. The van der Waals surface area contributed by atoms with Gasteiger partial charge in [0.15, 0.2) is 0 Å². The number of aryl methyl sites for hydroxylation is 1. The molecule has 4 aromatic rings. The second kappa shape index (κ2) is 10.5. The molecule has 0 bridgehead atoms. The smallest absolute Gasteiger partial charge is 0.252 e. The van der Waals surface area contributed by atoms with Crippen LogP contribution in [-0.4, -0.2) is 33.6 Å². The molecule has 1 amide bonds. The Bertz CT molecular complexity index is 1220. The Hall–Kier alpha value is -3.67. The van der Waals surface area contributed by atoms with Crippen molar-refractivity contribution in [2.75, 3.05) is 13.2 Å². The van der Waals surface area contributed by atoms with Crippen LogP contribution < -0.4 is 10.1 Å². The van der Waals surface area contributed by atoms with Crippen molar-refractivity contribution in [3.8, 4) is 5.75 Å². The number of rotatable bonds is 9. The van der Waals surface area contributed by atoms with Gasteiger partial charge in [-0.25, -0.2) is 4.98 Å². The SMILES string of the molecule is CC(C)(C)c1ccc(OCCCn2c(CCNC(=O)c3cccnc3)nc3ccccc32)cc1. The van der Waals surface area contributed by atoms with E-state index in [1.54, 1.807) is 24.5 Å². The van der Waals surface area contributed by atoms with Gasteiger partial charge in [0.1, 0.15) is 11.6 Å². The van der Waals surface area contributed by atoms with E-state index in [2.05, 4.69) is 53.8 Å². The molecular weight excluding hydrogens is 424 g/mol. The molecule has 2 aromatic heterocycles. The zero-order valence-corrected chi connectivity index (χ0v) is 20.1. The number of hydrogen-bond donors (Lipinski definition) is 1. The number of hydrogen-bond acceptors (Lipinski definition) is 4. The monoisotopic (exact) mass is 456 g/mol. The first-order valence-corrected chi connectivity index (χ1v) is 11.8. The van der Waals surface area contributed by atoms with Crippen LogP contribution in [0.3, 0.4) is 0 Å². The van der Waals surface area contributed by atoms with E-state index in [-0.39, 0.29) is 11.3 Å². The van der Waals surface area contributed by atoms with Crippen molar-refractivity contribution < 1.29 is 9.53 Å². The van der Waals surface area contributed by atoms with Gasteiger partial charge in [-0.15, -0.1) is 0 Å². The number of nitrogens with one attached hydrogen (secondary N) is 1. The number of imidazole rings is 1. The molecule has 1 N–H and O–H groups in total. The Balaban J connectivity index is 1.35. The van der Waals surface area contributed by atoms with Crippen molar-refractivity contribution in [1.29, 1.82) is 0 Å². The third-order valence-electron chi connectivity index (χ3n) is 5.81. The molecule has 34 heavy (non-hydrogen) atoms. The van der Waals surface area contributed by atoms with Gasteiger partial charge in [-0.1, -0.05) is 45.0 Å². The molecule has 2 aromatic carbocycles. The molecule has 0 radical (unpaired) electrons. The van der Waals surface area contributed by atoms with Gasteiger partial charge in [-0.2, -0.15) is 0 Å². The van der Waals surface area contributed by atoms with Gasteiger partial charge in [0.25, 0.3) is 5.91 Å². The van der Waals surface area contributed by atoms with E-state index in [0.717, 1.165) is 35.6 Å². The average Bonchev–Trinajstić information content (AvgIpc) is 3.19. The Morgan fingerprint density at radius 1 is 1.03 bits per heavy atom. The van der Waals surface area contributed by atoms with Gasteiger partial charge < -0.3 is 14.6 Å². The van der Waals surface area contributed by atoms with Crippen molar-refractivity contribution in [2.24, 2.45) is 0 Å². The van der Waals surface area contributed by atoms with Crippen molar-refractivity contribution in [3.05, 3.63) is 90.0 Å². The summed E-state index contributed by atoms with van der Waals surface area (Å²) in [6.07, 6.45) is 4.73. The number of amides is 1. The van der Waals surface area contributed by atoms with Gasteiger partial charge in [0.2, 0.25) is 0 Å². The summed E-state index contributed by atoms with van der Waals surface area (Å²) >= 11 is 0.